The number of ketones is 1. The van der Waals surface area contributed by atoms with Gasteiger partial charge in [0, 0.05) is 16.7 Å². The molecule has 0 spiro atoms. The number of aromatic carboxylic acids is 1. The highest BCUT2D eigenvalue weighted by Gasteiger charge is 2.19. The Morgan fingerprint density at radius 3 is 2.29 bits per heavy atom. The lowest BCUT2D eigenvalue weighted by molar-refractivity contribution is 0.0694. The number of carbonyl (C=O) groups is 2. The highest BCUT2D eigenvalue weighted by atomic mass is 16.5. The van der Waals surface area contributed by atoms with Crippen molar-refractivity contribution in [3.63, 3.8) is 0 Å². The molecule has 0 aliphatic rings. The highest BCUT2D eigenvalue weighted by Crippen LogP contribution is 2.32. The van der Waals surface area contributed by atoms with Crippen LogP contribution in [0.1, 0.15) is 56.8 Å². The van der Waals surface area contributed by atoms with E-state index in [4.69, 9.17) is 9.47 Å². The Hall–Kier alpha value is -3.08. The number of allylic oxidation sites excluding steroid dienone is 1. The quantitative estimate of drug-likeness (QED) is 0.539. The Morgan fingerprint density at radius 1 is 1.07 bits per heavy atom. The van der Waals surface area contributed by atoms with Crippen LogP contribution >= 0.6 is 0 Å². The molecule has 0 atom stereocenters. The van der Waals surface area contributed by atoms with Crippen molar-refractivity contribution in [2.45, 2.75) is 40.7 Å². The number of hydrogen-bond donors (Lipinski definition) is 1. The van der Waals surface area contributed by atoms with E-state index in [0.29, 0.717) is 28.0 Å². The molecule has 0 saturated heterocycles. The first-order chi connectivity index (χ1) is 13.1. The highest BCUT2D eigenvalue weighted by molar-refractivity contribution is 6.07. The number of ether oxygens (including phenoxy) is 2. The lowest BCUT2D eigenvalue weighted by atomic mass is 9.97. The van der Waals surface area contributed by atoms with Crippen LogP contribution in [0.3, 0.4) is 0 Å². The number of methoxy groups -OCH3 is 1. The van der Waals surface area contributed by atoms with Gasteiger partial charge < -0.3 is 14.6 Å². The van der Waals surface area contributed by atoms with Crippen LogP contribution in [0.4, 0.5) is 0 Å². The van der Waals surface area contributed by atoms with E-state index in [0.717, 1.165) is 11.3 Å². The predicted molar refractivity (Wildman–Crippen MR) is 110 cm³/mol. The van der Waals surface area contributed by atoms with Crippen LogP contribution < -0.4 is 9.47 Å². The predicted octanol–water partition coefficient (Wildman–Crippen LogP) is 5.00. The summed E-state index contributed by atoms with van der Waals surface area (Å²) in [5, 5.41) is 9.49. The Balaban J connectivity index is 2.45. The van der Waals surface area contributed by atoms with Crippen molar-refractivity contribution in [2.24, 2.45) is 0 Å². The molecule has 2 aromatic rings. The Bertz CT molecular complexity index is 938. The number of benzene rings is 2. The van der Waals surface area contributed by atoms with Gasteiger partial charge in [0.25, 0.3) is 0 Å². The molecule has 2 aromatic carbocycles. The molecule has 0 bridgehead atoms. The van der Waals surface area contributed by atoms with E-state index >= 15 is 0 Å². The molecule has 28 heavy (non-hydrogen) atoms. The number of carboxylic acid groups (broad SMARTS) is 1. The van der Waals surface area contributed by atoms with E-state index in [2.05, 4.69) is 0 Å². The SMILES string of the molecule is COc1ccc(C(=O)C=Cc2cc(C)c(C(=O)O)c(C)c2OC(C)C)cc1C. The zero-order valence-electron chi connectivity index (χ0n) is 17.1. The molecule has 0 radical (unpaired) electrons. The van der Waals surface area contributed by atoms with Gasteiger partial charge in [-0.05, 0) is 82.2 Å². The summed E-state index contributed by atoms with van der Waals surface area (Å²) in [7, 11) is 1.59. The summed E-state index contributed by atoms with van der Waals surface area (Å²) in [5.74, 6) is 0.0550. The van der Waals surface area contributed by atoms with Crippen molar-refractivity contribution in [1.29, 1.82) is 0 Å². The molecule has 0 aromatic heterocycles. The third-order valence-corrected chi connectivity index (χ3v) is 4.41. The molecule has 0 saturated carbocycles. The van der Waals surface area contributed by atoms with Crippen molar-refractivity contribution >= 4 is 17.8 Å². The minimum atomic E-state index is -0.996. The van der Waals surface area contributed by atoms with Gasteiger partial charge in [0.2, 0.25) is 0 Å². The molecule has 5 heteroatoms. The largest absolute Gasteiger partial charge is 0.496 e. The number of hydrogen-bond acceptors (Lipinski definition) is 4. The standard InChI is InChI=1S/C23H26O5/c1-13(2)28-22-16(5)21(23(25)26)15(4)12-18(22)7-9-19(24)17-8-10-20(27-6)14(3)11-17/h7-13H,1-6H3,(H,25,26). The van der Waals surface area contributed by atoms with Crippen LogP contribution in [0.5, 0.6) is 11.5 Å². The van der Waals surface area contributed by atoms with Gasteiger partial charge in [0.15, 0.2) is 5.78 Å². The first-order valence-corrected chi connectivity index (χ1v) is 9.06. The summed E-state index contributed by atoms with van der Waals surface area (Å²) in [4.78, 5) is 24.2. The first-order valence-electron chi connectivity index (χ1n) is 9.06. The normalized spacial score (nSPS) is 11.1. The van der Waals surface area contributed by atoms with E-state index in [-0.39, 0.29) is 17.5 Å². The first kappa shape index (κ1) is 21.2. The van der Waals surface area contributed by atoms with Crippen LogP contribution in [0, 0.1) is 20.8 Å². The van der Waals surface area contributed by atoms with E-state index in [9.17, 15) is 14.7 Å². The van der Waals surface area contributed by atoms with Gasteiger partial charge in [-0.1, -0.05) is 0 Å². The average molecular weight is 382 g/mol. The second-order valence-electron chi connectivity index (χ2n) is 6.97. The fourth-order valence-electron chi connectivity index (χ4n) is 3.14. The Kier molecular flexibility index (Phi) is 6.62. The third kappa shape index (κ3) is 4.60. The van der Waals surface area contributed by atoms with E-state index in [1.807, 2.05) is 20.8 Å². The van der Waals surface area contributed by atoms with E-state index in [1.165, 1.54) is 6.08 Å². The molecule has 0 amide bonds. The van der Waals surface area contributed by atoms with Crippen LogP contribution in [0.2, 0.25) is 0 Å². The second-order valence-corrected chi connectivity index (χ2v) is 6.97. The summed E-state index contributed by atoms with van der Waals surface area (Å²) < 4.78 is 11.1. The maximum Gasteiger partial charge on any atom is 0.336 e. The molecular weight excluding hydrogens is 356 g/mol. The maximum absolute atomic E-state index is 12.6. The average Bonchev–Trinajstić information content (AvgIpc) is 2.61. The summed E-state index contributed by atoms with van der Waals surface area (Å²) in [5.41, 5.74) is 3.50. The van der Waals surface area contributed by atoms with Crippen molar-refractivity contribution < 1.29 is 24.2 Å². The smallest absolute Gasteiger partial charge is 0.336 e. The third-order valence-electron chi connectivity index (χ3n) is 4.41. The minimum absolute atomic E-state index is 0.129. The van der Waals surface area contributed by atoms with Crippen LogP contribution in [0.25, 0.3) is 6.08 Å². The van der Waals surface area contributed by atoms with Crippen molar-refractivity contribution in [3.8, 4) is 11.5 Å². The molecule has 148 valence electrons. The molecule has 5 nitrogen and oxygen atoms in total. The van der Waals surface area contributed by atoms with Gasteiger partial charge >= 0.3 is 5.97 Å². The van der Waals surface area contributed by atoms with Crippen molar-refractivity contribution in [2.75, 3.05) is 7.11 Å². The summed E-state index contributed by atoms with van der Waals surface area (Å²) in [6.07, 6.45) is 3.02. The van der Waals surface area contributed by atoms with Crippen LogP contribution in [-0.2, 0) is 0 Å². The second kappa shape index (κ2) is 8.74. The van der Waals surface area contributed by atoms with Crippen LogP contribution in [0.15, 0.2) is 30.3 Å². The monoisotopic (exact) mass is 382 g/mol. The van der Waals surface area contributed by atoms with Crippen molar-refractivity contribution in [3.05, 3.63) is 63.7 Å². The van der Waals surface area contributed by atoms with Gasteiger partial charge in [-0.2, -0.15) is 0 Å². The van der Waals surface area contributed by atoms with Gasteiger partial charge in [0.1, 0.15) is 11.5 Å². The topological polar surface area (TPSA) is 72.8 Å². The molecule has 0 fully saturated rings. The molecule has 0 aliphatic heterocycles. The summed E-state index contributed by atoms with van der Waals surface area (Å²) in [6.45, 7) is 9.09. The Morgan fingerprint density at radius 2 is 1.75 bits per heavy atom. The molecule has 0 aliphatic carbocycles. The lowest BCUT2D eigenvalue weighted by Gasteiger charge is -2.18. The van der Waals surface area contributed by atoms with Gasteiger partial charge in [-0.3, -0.25) is 4.79 Å². The zero-order chi connectivity index (χ0) is 21.0. The van der Waals surface area contributed by atoms with Gasteiger partial charge in [-0.25, -0.2) is 4.79 Å². The number of rotatable bonds is 7. The number of aryl methyl sites for hydroxylation is 2. The molecular formula is C23H26O5. The maximum atomic E-state index is 12.6. The summed E-state index contributed by atoms with van der Waals surface area (Å²) >= 11 is 0. The molecule has 0 heterocycles. The Labute approximate surface area is 165 Å². The molecule has 2 rings (SSSR count). The molecule has 1 N–H and O–H groups in total. The fraction of sp³-hybridized carbons (Fsp3) is 0.304. The number of carbonyl (C=O) groups excluding carboxylic acids is 1. The van der Waals surface area contributed by atoms with Crippen molar-refractivity contribution in [1.82, 2.24) is 0 Å². The summed E-state index contributed by atoms with van der Waals surface area (Å²) in [6, 6.07) is 6.99. The van der Waals surface area contributed by atoms with Gasteiger partial charge in [-0.15, -0.1) is 0 Å². The van der Waals surface area contributed by atoms with E-state index in [1.54, 1.807) is 51.3 Å². The zero-order valence-corrected chi connectivity index (χ0v) is 17.1. The number of carboxylic acids is 1. The fourth-order valence-corrected chi connectivity index (χ4v) is 3.14. The lowest BCUT2D eigenvalue weighted by Crippen LogP contribution is -2.12. The van der Waals surface area contributed by atoms with Crippen LogP contribution in [-0.4, -0.2) is 30.1 Å². The van der Waals surface area contributed by atoms with Gasteiger partial charge in [0.05, 0.1) is 18.8 Å². The van der Waals surface area contributed by atoms with E-state index < -0.39 is 5.97 Å². The molecule has 0 unspecified atom stereocenters. The minimum Gasteiger partial charge on any atom is -0.496 e.